The molecule has 3 heteroatoms. The molecule has 0 bridgehead atoms. The third-order valence-electron chi connectivity index (χ3n) is 2.72. The Labute approximate surface area is 121 Å². The molecule has 0 saturated heterocycles. The van der Waals surface area contributed by atoms with Gasteiger partial charge in [-0.2, -0.15) is 0 Å². The summed E-state index contributed by atoms with van der Waals surface area (Å²) in [5.41, 5.74) is 3.50. The fourth-order valence-corrected chi connectivity index (χ4v) is 2.40. The van der Waals surface area contributed by atoms with Crippen molar-refractivity contribution in [2.45, 2.75) is 20.8 Å². The van der Waals surface area contributed by atoms with Crippen molar-refractivity contribution in [3.05, 3.63) is 56.5 Å². The molecule has 2 aromatic carbocycles. The van der Waals surface area contributed by atoms with E-state index in [2.05, 4.69) is 48.8 Å². The summed E-state index contributed by atoms with van der Waals surface area (Å²) in [5, 5.41) is 0.648. The minimum absolute atomic E-state index is 0.648. The van der Waals surface area contributed by atoms with Gasteiger partial charge in [0.25, 0.3) is 0 Å². The molecule has 0 saturated carbocycles. The molecule has 0 unspecified atom stereocenters. The summed E-state index contributed by atoms with van der Waals surface area (Å²) >= 11 is 9.42. The SMILES string of the molecule is Cc1cc(C)c(Oc2ccc(Br)c(Cl)c2)c(C)c1. The molecule has 94 valence electrons. The summed E-state index contributed by atoms with van der Waals surface area (Å²) in [6, 6.07) is 9.82. The second-order valence-electron chi connectivity index (χ2n) is 4.41. The predicted octanol–water partition coefficient (Wildman–Crippen LogP) is 5.82. The van der Waals surface area contributed by atoms with Crippen LogP contribution in [0.2, 0.25) is 5.02 Å². The molecule has 2 rings (SSSR count). The van der Waals surface area contributed by atoms with Crippen LogP contribution < -0.4 is 4.74 Å². The second-order valence-corrected chi connectivity index (χ2v) is 5.67. The van der Waals surface area contributed by atoms with E-state index in [0.717, 1.165) is 27.1 Å². The molecule has 0 aromatic heterocycles. The van der Waals surface area contributed by atoms with E-state index in [4.69, 9.17) is 16.3 Å². The minimum atomic E-state index is 0.648. The lowest BCUT2D eigenvalue weighted by Crippen LogP contribution is -1.92. The third kappa shape index (κ3) is 2.88. The van der Waals surface area contributed by atoms with Crippen molar-refractivity contribution in [1.29, 1.82) is 0 Å². The maximum Gasteiger partial charge on any atom is 0.133 e. The molecule has 0 aliphatic carbocycles. The largest absolute Gasteiger partial charge is 0.457 e. The molecule has 0 atom stereocenters. The molecule has 18 heavy (non-hydrogen) atoms. The fourth-order valence-electron chi connectivity index (χ4n) is 1.99. The van der Waals surface area contributed by atoms with Gasteiger partial charge in [0.2, 0.25) is 0 Å². The lowest BCUT2D eigenvalue weighted by Gasteiger charge is -2.13. The van der Waals surface area contributed by atoms with Crippen molar-refractivity contribution in [2.75, 3.05) is 0 Å². The van der Waals surface area contributed by atoms with Crippen LogP contribution in [-0.4, -0.2) is 0 Å². The highest BCUT2D eigenvalue weighted by Gasteiger charge is 2.07. The molecule has 0 fully saturated rings. The number of benzene rings is 2. The molecule has 0 aliphatic heterocycles. The van der Waals surface area contributed by atoms with Crippen LogP contribution in [0.3, 0.4) is 0 Å². The molecule has 0 radical (unpaired) electrons. The highest BCUT2D eigenvalue weighted by Crippen LogP contribution is 2.33. The van der Waals surface area contributed by atoms with Crippen LogP contribution in [0.25, 0.3) is 0 Å². The first-order chi connectivity index (χ1) is 8.47. The summed E-state index contributed by atoms with van der Waals surface area (Å²) in [7, 11) is 0. The minimum Gasteiger partial charge on any atom is -0.457 e. The van der Waals surface area contributed by atoms with E-state index in [-0.39, 0.29) is 0 Å². The van der Waals surface area contributed by atoms with Crippen LogP contribution >= 0.6 is 27.5 Å². The zero-order chi connectivity index (χ0) is 13.3. The normalized spacial score (nSPS) is 10.5. The Morgan fingerprint density at radius 3 is 2.17 bits per heavy atom. The molecular weight excluding hydrogens is 312 g/mol. The average molecular weight is 326 g/mol. The third-order valence-corrected chi connectivity index (χ3v) is 3.95. The van der Waals surface area contributed by atoms with Crippen molar-refractivity contribution in [3.8, 4) is 11.5 Å². The monoisotopic (exact) mass is 324 g/mol. The van der Waals surface area contributed by atoms with Gasteiger partial charge in [0.15, 0.2) is 0 Å². The molecular formula is C15H14BrClO. The Hall–Kier alpha value is -0.990. The summed E-state index contributed by atoms with van der Waals surface area (Å²) in [6.07, 6.45) is 0. The van der Waals surface area contributed by atoms with E-state index in [9.17, 15) is 0 Å². The van der Waals surface area contributed by atoms with Crippen LogP contribution in [0.1, 0.15) is 16.7 Å². The van der Waals surface area contributed by atoms with Gasteiger partial charge in [-0.05, 0) is 60.0 Å². The Morgan fingerprint density at radius 1 is 1.00 bits per heavy atom. The molecule has 0 aliphatic rings. The number of hydrogen-bond acceptors (Lipinski definition) is 1. The van der Waals surface area contributed by atoms with E-state index in [0.29, 0.717) is 5.02 Å². The topological polar surface area (TPSA) is 9.23 Å². The van der Waals surface area contributed by atoms with Crippen LogP contribution in [0.4, 0.5) is 0 Å². The molecule has 0 heterocycles. The number of ether oxygens (including phenoxy) is 1. The van der Waals surface area contributed by atoms with Crippen molar-refractivity contribution in [2.24, 2.45) is 0 Å². The zero-order valence-electron chi connectivity index (χ0n) is 10.6. The summed E-state index contributed by atoms with van der Waals surface area (Å²) < 4.78 is 6.79. The molecule has 1 nitrogen and oxygen atoms in total. The van der Waals surface area contributed by atoms with Crippen molar-refractivity contribution in [3.63, 3.8) is 0 Å². The van der Waals surface area contributed by atoms with Gasteiger partial charge in [-0.15, -0.1) is 0 Å². The fraction of sp³-hybridized carbons (Fsp3) is 0.200. The van der Waals surface area contributed by atoms with Crippen molar-refractivity contribution < 1.29 is 4.74 Å². The van der Waals surface area contributed by atoms with Gasteiger partial charge in [-0.1, -0.05) is 29.3 Å². The van der Waals surface area contributed by atoms with Crippen LogP contribution in [0, 0.1) is 20.8 Å². The predicted molar refractivity (Wildman–Crippen MR) is 79.9 cm³/mol. The van der Waals surface area contributed by atoms with Gasteiger partial charge in [-0.25, -0.2) is 0 Å². The molecule has 0 N–H and O–H groups in total. The van der Waals surface area contributed by atoms with Gasteiger partial charge >= 0.3 is 0 Å². The lowest BCUT2D eigenvalue weighted by atomic mass is 10.1. The maximum absolute atomic E-state index is 6.06. The molecule has 2 aromatic rings. The smallest absolute Gasteiger partial charge is 0.133 e. The first-order valence-corrected chi connectivity index (χ1v) is 6.85. The maximum atomic E-state index is 6.06. The first-order valence-electron chi connectivity index (χ1n) is 5.68. The summed E-state index contributed by atoms with van der Waals surface area (Å²) in [5.74, 6) is 1.65. The van der Waals surface area contributed by atoms with Gasteiger partial charge < -0.3 is 4.74 Å². The number of aryl methyl sites for hydroxylation is 3. The standard InChI is InChI=1S/C15H14BrClO/c1-9-6-10(2)15(11(3)7-9)18-12-4-5-13(16)14(17)8-12/h4-8H,1-3H3. The van der Waals surface area contributed by atoms with E-state index in [1.807, 2.05) is 18.2 Å². The summed E-state index contributed by atoms with van der Waals surface area (Å²) in [6.45, 7) is 6.19. The number of rotatable bonds is 2. The van der Waals surface area contributed by atoms with E-state index < -0.39 is 0 Å². The van der Waals surface area contributed by atoms with Crippen molar-refractivity contribution >= 4 is 27.5 Å². The average Bonchev–Trinajstić information content (AvgIpc) is 2.28. The zero-order valence-corrected chi connectivity index (χ0v) is 12.9. The van der Waals surface area contributed by atoms with Crippen LogP contribution in [-0.2, 0) is 0 Å². The first kappa shape index (κ1) is 13.4. The van der Waals surface area contributed by atoms with Gasteiger partial charge in [-0.3, -0.25) is 0 Å². The Morgan fingerprint density at radius 2 is 1.61 bits per heavy atom. The molecule has 0 amide bonds. The second kappa shape index (κ2) is 5.33. The number of hydrogen-bond donors (Lipinski definition) is 0. The highest BCUT2D eigenvalue weighted by molar-refractivity contribution is 9.10. The summed E-state index contributed by atoms with van der Waals surface area (Å²) in [4.78, 5) is 0. The Bertz CT molecular complexity index is 570. The van der Waals surface area contributed by atoms with E-state index >= 15 is 0 Å². The van der Waals surface area contributed by atoms with E-state index in [1.165, 1.54) is 5.56 Å². The Kier molecular flexibility index (Phi) is 3.98. The van der Waals surface area contributed by atoms with E-state index in [1.54, 1.807) is 0 Å². The van der Waals surface area contributed by atoms with Crippen molar-refractivity contribution in [1.82, 2.24) is 0 Å². The van der Waals surface area contributed by atoms with Gasteiger partial charge in [0.1, 0.15) is 11.5 Å². The van der Waals surface area contributed by atoms with Crippen LogP contribution in [0.15, 0.2) is 34.8 Å². The van der Waals surface area contributed by atoms with Gasteiger partial charge in [0, 0.05) is 10.5 Å². The highest BCUT2D eigenvalue weighted by atomic mass is 79.9. The lowest BCUT2D eigenvalue weighted by molar-refractivity contribution is 0.475. The van der Waals surface area contributed by atoms with Gasteiger partial charge in [0.05, 0.1) is 5.02 Å². The van der Waals surface area contributed by atoms with Crippen LogP contribution in [0.5, 0.6) is 11.5 Å². The quantitative estimate of drug-likeness (QED) is 0.676. The molecule has 0 spiro atoms. The Balaban J connectivity index is 2.37. The number of halogens is 2.